The van der Waals surface area contributed by atoms with E-state index in [4.69, 9.17) is 11.6 Å². The Morgan fingerprint density at radius 2 is 2.05 bits per heavy atom. The van der Waals surface area contributed by atoms with Crippen molar-refractivity contribution in [2.45, 2.75) is 26.2 Å². The molecule has 0 bridgehead atoms. The van der Waals surface area contributed by atoms with Gasteiger partial charge in [0.2, 0.25) is 11.8 Å². The smallest absolute Gasteiger partial charge is 0.233 e. The molecule has 2 rings (SSSR count). The second kappa shape index (κ2) is 6.75. The van der Waals surface area contributed by atoms with Crippen LogP contribution in [0.2, 0.25) is 5.02 Å². The van der Waals surface area contributed by atoms with Crippen LogP contribution in [0.4, 0.5) is 5.69 Å². The molecule has 1 N–H and O–H groups in total. The summed E-state index contributed by atoms with van der Waals surface area (Å²) in [6.07, 6.45) is 1.92. The number of anilines is 1. The number of amides is 2. The van der Waals surface area contributed by atoms with Crippen molar-refractivity contribution in [1.82, 2.24) is 4.90 Å². The summed E-state index contributed by atoms with van der Waals surface area (Å²) in [5.74, 6) is 0.270. The number of rotatable bonds is 3. The van der Waals surface area contributed by atoms with Crippen LogP contribution in [0.1, 0.15) is 26.2 Å². The molecule has 0 aliphatic carbocycles. The lowest BCUT2D eigenvalue weighted by molar-refractivity contribution is -0.135. The third-order valence-corrected chi connectivity index (χ3v) is 3.79. The third kappa shape index (κ3) is 4.23. The van der Waals surface area contributed by atoms with E-state index in [0.717, 1.165) is 25.9 Å². The maximum atomic E-state index is 12.0. The van der Waals surface area contributed by atoms with Crippen LogP contribution in [0.15, 0.2) is 24.3 Å². The summed E-state index contributed by atoms with van der Waals surface area (Å²) >= 11 is 5.84. The van der Waals surface area contributed by atoms with Crippen LogP contribution in [0.3, 0.4) is 0 Å². The molecule has 1 aromatic rings. The fourth-order valence-corrected chi connectivity index (χ4v) is 2.47. The first-order valence-corrected chi connectivity index (χ1v) is 7.25. The minimum absolute atomic E-state index is 0.101. The number of nitrogens with zero attached hydrogens (tertiary/aromatic N) is 1. The number of nitrogens with one attached hydrogen (secondary N) is 1. The highest BCUT2D eigenvalue weighted by Gasteiger charge is 2.22. The molecule has 1 aliphatic heterocycles. The van der Waals surface area contributed by atoms with Crippen LogP contribution in [0.5, 0.6) is 0 Å². The summed E-state index contributed by atoms with van der Waals surface area (Å²) in [4.78, 5) is 25.6. The first-order valence-electron chi connectivity index (χ1n) is 6.88. The number of benzene rings is 1. The summed E-state index contributed by atoms with van der Waals surface area (Å²) in [5.41, 5.74) is 0.613. The highest BCUT2D eigenvalue weighted by molar-refractivity contribution is 6.30. The van der Waals surface area contributed by atoms with Crippen molar-refractivity contribution in [3.63, 3.8) is 0 Å². The molecular formula is C15H19ClN2O2. The van der Waals surface area contributed by atoms with Crippen LogP contribution >= 0.6 is 11.6 Å². The van der Waals surface area contributed by atoms with Gasteiger partial charge in [0.1, 0.15) is 6.42 Å². The Bertz CT molecular complexity index is 496. The Labute approximate surface area is 124 Å². The first-order chi connectivity index (χ1) is 9.54. The zero-order valence-corrected chi connectivity index (χ0v) is 12.3. The molecule has 1 fully saturated rings. The molecule has 4 nitrogen and oxygen atoms in total. The highest BCUT2D eigenvalue weighted by Crippen LogP contribution is 2.17. The van der Waals surface area contributed by atoms with Crippen LogP contribution in [0, 0.1) is 5.92 Å². The molecule has 0 saturated carbocycles. The molecule has 0 radical (unpaired) electrons. The van der Waals surface area contributed by atoms with E-state index >= 15 is 0 Å². The Balaban J connectivity index is 1.83. The van der Waals surface area contributed by atoms with E-state index in [1.54, 1.807) is 29.2 Å². The van der Waals surface area contributed by atoms with E-state index in [0.29, 0.717) is 16.6 Å². The van der Waals surface area contributed by atoms with E-state index in [-0.39, 0.29) is 18.2 Å². The quantitative estimate of drug-likeness (QED) is 0.872. The van der Waals surface area contributed by atoms with Crippen LogP contribution in [-0.2, 0) is 9.59 Å². The summed E-state index contributed by atoms with van der Waals surface area (Å²) in [7, 11) is 0. The van der Waals surface area contributed by atoms with Gasteiger partial charge in [0.15, 0.2) is 0 Å². The summed E-state index contributed by atoms with van der Waals surface area (Å²) in [5, 5.41) is 3.25. The van der Waals surface area contributed by atoms with Gasteiger partial charge in [0, 0.05) is 23.8 Å². The number of piperidine rings is 1. The van der Waals surface area contributed by atoms with Crippen LogP contribution in [0.25, 0.3) is 0 Å². The maximum Gasteiger partial charge on any atom is 0.233 e. The fourth-order valence-electron chi connectivity index (χ4n) is 2.28. The molecular weight excluding hydrogens is 276 g/mol. The zero-order valence-electron chi connectivity index (χ0n) is 11.6. The molecule has 1 heterocycles. The monoisotopic (exact) mass is 294 g/mol. The second-order valence-corrected chi connectivity index (χ2v) is 5.74. The van der Waals surface area contributed by atoms with E-state index in [1.807, 2.05) is 0 Å². The van der Waals surface area contributed by atoms with Gasteiger partial charge < -0.3 is 10.2 Å². The molecule has 0 aromatic heterocycles. The molecule has 2 amide bonds. The summed E-state index contributed by atoms with van der Waals surface area (Å²) in [6.45, 7) is 3.70. The average molecular weight is 295 g/mol. The molecule has 1 saturated heterocycles. The van der Waals surface area contributed by atoms with Crippen molar-refractivity contribution in [3.8, 4) is 0 Å². The molecule has 0 atom stereocenters. The van der Waals surface area contributed by atoms with Crippen molar-refractivity contribution in [2.24, 2.45) is 5.92 Å². The predicted molar refractivity (Wildman–Crippen MR) is 79.7 cm³/mol. The number of halogens is 1. The number of likely N-dealkylation sites (tertiary alicyclic amines) is 1. The highest BCUT2D eigenvalue weighted by atomic mass is 35.5. The maximum absolute atomic E-state index is 12.0. The van der Waals surface area contributed by atoms with E-state index in [1.165, 1.54) is 0 Å². The van der Waals surface area contributed by atoms with E-state index < -0.39 is 0 Å². The third-order valence-electron chi connectivity index (χ3n) is 3.56. The summed E-state index contributed by atoms with van der Waals surface area (Å²) in [6, 6.07) is 6.90. The number of hydrogen-bond donors (Lipinski definition) is 1. The minimum atomic E-state index is -0.295. The van der Waals surface area contributed by atoms with Gasteiger partial charge in [-0.2, -0.15) is 0 Å². The van der Waals surface area contributed by atoms with Crippen LogP contribution < -0.4 is 5.32 Å². The Morgan fingerprint density at radius 1 is 1.35 bits per heavy atom. The van der Waals surface area contributed by atoms with Crippen molar-refractivity contribution < 1.29 is 9.59 Å². The van der Waals surface area contributed by atoms with Gasteiger partial charge in [-0.05, 0) is 37.0 Å². The van der Waals surface area contributed by atoms with Gasteiger partial charge in [-0.15, -0.1) is 0 Å². The molecule has 0 unspecified atom stereocenters. The molecule has 1 aliphatic rings. The second-order valence-electron chi connectivity index (χ2n) is 5.30. The van der Waals surface area contributed by atoms with E-state index in [2.05, 4.69) is 12.2 Å². The fraction of sp³-hybridized carbons (Fsp3) is 0.467. The predicted octanol–water partition coefficient (Wildman–Crippen LogP) is 2.93. The Kier molecular flexibility index (Phi) is 5.01. The van der Waals surface area contributed by atoms with Crippen LogP contribution in [-0.4, -0.2) is 29.8 Å². The Hall–Kier alpha value is -1.55. The molecule has 0 spiro atoms. The van der Waals surface area contributed by atoms with Gasteiger partial charge in [-0.25, -0.2) is 0 Å². The van der Waals surface area contributed by atoms with Crippen molar-refractivity contribution >= 4 is 29.1 Å². The largest absolute Gasteiger partial charge is 0.342 e. The average Bonchev–Trinajstić information content (AvgIpc) is 2.39. The standard InChI is InChI=1S/C15H19ClN2O2/c1-11-5-7-18(8-6-11)15(20)10-14(19)17-13-4-2-3-12(16)9-13/h2-4,9,11H,5-8,10H2,1H3,(H,17,19). The van der Waals surface area contributed by atoms with Gasteiger partial charge in [-0.3, -0.25) is 9.59 Å². The first kappa shape index (κ1) is 14.9. The summed E-state index contributed by atoms with van der Waals surface area (Å²) < 4.78 is 0. The van der Waals surface area contributed by atoms with E-state index in [9.17, 15) is 9.59 Å². The molecule has 108 valence electrons. The van der Waals surface area contributed by atoms with Gasteiger partial charge in [0.25, 0.3) is 0 Å². The number of hydrogen-bond acceptors (Lipinski definition) is 2. The zero-order chi connectivity index (χ0) is 14.5. The Morgan fingerprint density at radius 3 is 2.70 bits per heavy atom. The lowest BCUT2D eigenvalue weighted by Crippen LogP contribution is -2.39. The topological polar surface area (TPSA) is 49.4 Å². The SMILES string of the molecule is CC1CCN(C(=O)CC(=O)Nc2cccc(Cl)c2)CC1. The van der Waals surface area contributed by atoms with Gasteiger partial charge >= 0.3 is 0 Å². The van der Waals surface area contributed by atoms with Gasteiger partial charge in [0.05, 0.1) is 0 Å². The van der Waals surface area contributed by atoms with Crippen molar-refractivity contribution in [3.05, 3.63) is 29.3 Å². The normalized spacial score (nSPS) is 16.0. The molecule has 20 heavy (non-hydrogen) atoms. The lowest BCUT2D eigenvalue weighted by Gasteiger charge is -2.30. The number of carbonyl (C=O) groups is 2. The van der Waals surface area contributed by atoms with Crippen molar-refractivity contribution in [1.29, 1.82) is 0 Å². The minimum Gasteiger partial charge on any atom is -0.342 e. The lowest BCUT2D eigenvalue weighted by atomic mass is 9.99. The molecule has 1 aromatic carbocycles. The van der Waals surface area contributed by atoms with Gasteiger partial charge in [-0.1, -0.05) is 24.6 Å². The number of carbonyl (C=O) groups excluding carboxylic acids is 2. The van der Waals surface area contributed by atoms with Crippen molar-refractivity contribution in [2.75, 3.05) is 18.4 Å². The molecule has 5 heteroatoms.